The molecule has 0 aliphatic carbocycles. The third-order valence-electron chi connectivity index (χ3n) is 2.66. The van der Waals surface area contributed by atoms with E-state index in [9.17, 15) is 9.59 Å². The smallest absolute Gasteiger partial charge is 0.281 e. The van der Waals surface area contributed by atoms with Crippen molar-refractivity contribution in [1.29, 1.82) is 0 Å². The van der Waals surface area contributed by atoms with Crippen molar-refractivity contribution in [3.63, 3.8) is 0 Å². The first-order valence-corrected chi connectivity index (χ1v) is 4.90. The Morgan fingerprint density at radius 3 is 2.67 bits per heavy atom. The number of rotatable bonds is 1. The van der Waals surface area contributed by atoms with Crippen LogP contribution in [0, 0.1) is 5.92 Å². The molecule has 1 aliphatic heterocycles. The van der Waals surface area contributed by atoms with Crippen molar-refractivity contribution in [1.82, 2.24) is 9.55 Å². The van der Waals surface area contributed by atoms with Crippen LogP contribution in [0.3, 0.4) is 0 Å². The van der Waals surface area contributed by atoms with Gasteiger partial charge in [-0.2, -0.15) is 0 Å². The highest BCUT2D eigenvalue weighted by molar-refractivity contribution is 5.94. The average Bonchev–Trinajstić information content (AvgIpc) is 2.59. The van der Waals surface area contributed by atoms with Crippen LogP contribution in [0.1, 0.15) is 19.4 Å². The van der Waals surface area contributed by atoms with E-state index in [4.69, 9.17) is 0 Å². The maximum atomic E-state index is 11.5. The molecule has 80 valence electrons. The molecule has 1 aromatic heterocycles. The standard InChI is InChI=1S/C10H13N3O2/c1-5(2)7-4-6-8(11-7)13(3)10(15)12-9(6)14/h5H,4H2,1-3H3,(H,12,14,15). The molecule has 0 saturated carbocycles. The number of aromatic nitrogens is 2. The third kappa shape index (κ3) is 1.44. The van der Waals surface area contributed by atoms with E-state index in [0.29, 0.717) is 23.7 Å². The van der Waals surface area contributed by atoms with E-state index in [1.54, 1.807) is 7.05 Å². The lowest BCUT2D eigenvalue weighted by Gasteiger charge is -2.00. The highest BCUT2D eigenvalue weighted by Crippen LogP contribution is 2.23. The summed E-state index contributed by atoms with van der Waals surface area (Å²) in [5.41, 5.74) is 0.831. The zero-order chi connectivity index (χ0) is 11.2. The van der Waals surface area contributed by atoms with Gasteiger partial charge >= 0.3 is 5.69 Å². The minimum Gasteiger partial charge on any atom is -0.281 e. The lowest BCUT2D eigenvalue weighted by atomic mass is 10.0. The van der Waals surface area contributed by atoms with Gasteiger partial charge in [0.05, 0.1) is 5.56 Å². The molecule has 1 aromatic rings. The Balaban J connectivity index is 2.67. The summed E-state index contributed by atoms with van der Waals surface area (Å²) in [5, 5.41) is 0. The van der Waals surface area contributed by atoms with Crippen molar-refractivity contribution in [2.75, 3.05) is 0 Å². The summed E-state index contributed by atoms with van der Waals surface area (Å²) in [6.45, 7) is 4.05. The van der Waals surface area contributed by atoms with E-state index in [1.165, 1.54) is 4.57 Å². The summed E-state index contributed by atoms with van der Waals surface area (Å²) in [4.78, 5) is 29.4. The quantitative estimate of drug-likeness (QED) is 0.722. The van der Waals surface area contributed by atoms with Crippen LogP contribution >= 0.6 is 0 Å². The summed E-state index contributed by atoms with van der Waals surface area (Å²) in [7, 11) is 1.61. The molecule has 0 saturated heterocycles. The number of nitrogens with zero attached hydrogens (tertiary/aromatic N) is 2. The molecule has 2 rings (SSSR count). The van der Waals surface area contributed by atoms with Crippen LogP contribution in [0.2, 0.25) is 0 Å². The molecule has 5 nitrogen and oxygen atoms in total. The lowest BCUT2D eigenvalue weighted by Crippen LogP contribution is -2.29. The summed E-state index contributed by atoms with van der Waals surface area (Å²) in [6.07, 6.45) is 0.552. The molecule has 0 atom stereocenters. The number of aromatic amines is 1. The normalized spacial score (nSPS) is 14.3. The number of aliphatic imine (C=N–C) groups is 1. The zero-order valence-corrected chi connectivity index (χ0v) is 9.00. The topological polar surface area (TPSA) is 67.2 Å². The van der Waals surface area contributed by atoms with Gasteiger partial charge in [-0.05, 0) is 5.92 Å². The third-order valence-corrected chi connectivity index (χ3v) is 2.66. The molecular formula is C10H13N3O2. The average molecular weight is 207 g/mol. The van der Waals surface area contributed by atoms with Gasteiger partial charge in [0.25, 0.3) is 5.56 Å². The number of fused-ring (bicyclic) bond motifs is 1. The first-order chi connectivity index (χ1) is 7.00. The summed E-state index contributed by atoms with van der Waals surface area (Å²) in [6, 6.07) is 0. The van der Waals surface area contributed by atoms with E-state index in [1.807, 2.05) is 13.8 Å². The van der Waals surface area contributed by atoms with E-state index in [-0.39, 0.29) is 5.56 Å². The van der Waals surface area contributed by atoms with Crippen molar-refractivity contribution >= 4 is 11.5 Å². The molecule has 0 spiro atoms. The fraction of sp³-hybridized carbons (Fsp3) is 0.500. The molecule has 0 radical (unpaired) electrons. The van der Waals surface area contributed by atoms with E-state index >= 15 is 0 Å². The van der Waals surface area contributed by atoms with E-state index in [2.05, 4.69) is 9.98 Å². The SMILES string of the molecule is CC(C)C1=Nc2c(c(=O)[nH]c(=O)n2C)C1. The molecule has 1 N–H and O–H groups in total. The van der Waals surface area contributed by atoms with Crippen LogP contribution in [0.25, 0.3) is 0 Å². The highest BCUT2D eigenvalue weighted by atomic mass is 16.2. The predicted octanol–water partition coefficient (Wildman–Crippen LogP) is 0.358. The van der Waals surface area contributed by atoms with Gasteiger partial charge in [0.15, 0.2) is 0 Å². The fourth-order valence-electron chi connectivity index (χ4n) is 1.65. The van der Waals surface area contributed by atoms with Gasteiger partial charge in [-0.25, -0.2) is 9.79 Å². The van der Waals surface area contributed by atoms with Gasteiger partial charge in [0, 0.05) is 19.2 Å². The zero-order valence-electron chi connectivity index (χ0n) is 9.00. The van der Waals surface area contributed by atoms with E-state index < -0.39 is 5.69 Å². The maximum Gasteiger partial charge on any atom is 0.329 e. The van der Waals surface area contributed by atoms with Gasteiger partial charge in [-0.3, -0.25) is 14.3 Å². The number of hydrogen-bond acceptors (Lipinski definition) is 3. The van der Waals surface area contributed by atoms with Gasteiger partial charge in [-0.15, -0.1) is 0 Å². The first-order valence-electron chi connectivity index (χ1n) is 4.90. The minimum atomic E-state index is -0.410. The van der Waals surface area contributed by atoms with Gasteiger partial charge in [0.2, 0.25) is 0 Å². The first kappa shape index (κ1) is 9.89. The Labute approximate surface area is 86.5 Å². The summed E-state index contributed by atoms with van der Waals surface area (Å²) in [5.74, 6) is 0.805. The number of hydrogen-bond donors (Lipinski definition) is 1. The molecule has 0 amide bonds. The van der Waals surface area contributed by atoms with E-state index in [0.717, 1.165) is 5.71 Å². The van der Waals surface area contributed by atoms with Crippen molar-refractivity contribution in [3.8, 4) is 0 Å². The molecule has 15 heavy (non-hydrogen) atoms. The van der Waals surface area contributed by atoms with Crippen LogP contribution in [0.5, 0.6) is 0 Å². The second-order valence-corrected chi connectivity index (χ2v) is 4.06. The monoisotopic (exact) mass is 207 g/mol. The Kier molecular flexibility index (Phi) is 2.10. The van der Waals surface area contributed by atoms with Crippen molar-refractivity contribution in [2.45, 2.75) is 20.3 Å². The molecule has 5 heteroatoms. The van der Waals surface area contributed by atoms with Gasteiger partial charge in [-0.1, -0.05) is 13.8 Å². The largest absolute Gasteiger partial charge is 0.329 e. The molecule has 0 bridgehead atoms. The molecule has 0 unspecified atom stereocenters. The molecule has 0 aromatic carbocycles. The van der Waals surface area contributed by atoms with Gasteiger partial charge < -0.3 is 0 Å². The van der Waals surface area contributed by atoms with Crippen molar-refractivity contribution < 1.29 is 0 Å². The number of H-pyrrole nitrogens is 1. The molecule has 0 fully saturated rings. The Morgan fingerprint density at radius 2 is 2.07 bits per heavy atom. The van der Waals surface area contributed by atoms with Crippen LogP contribution < -0.4 is 11.2 Å². The Hall–Kier alpha value is -1.65. The highest BCUT2D eigenvalue weighted by Gasteiger charge is 2.22. The van der Waals surface area contributed by atoms with Crippen molar-refractivity contribution in [3.05, 3.63) is 26.4 Å². The summed E-state index contributed by atoms with van der Waals surface area (Å²) < 4.78 is 1.38. The Morgan fingerprint density at radius 1 is 1.40 bits per heavy atom. The molecular weight excluding hydrogens is 194 g/mol. The van der Waals surface area contributed by atoms with Crippen molar-refractivity contribution in [2.24, 2.45) is 18.0 Å². The predicted molar refractivity (Wildman–Crippen MR) is 57.9 cm³/mol. The summed E-state index contributed by atoms with van der Waals surface area (Å²) >= 11 is 0. The van der Waals surface area contributed by atoms with Crippen LogP contribution in [0.15, 0.2) is 14.6 Å². The fourth-order valence-corrected chi connectivity index (χ4v) is 1.65. The lowest BCUT2D eigenvalue weighted by molar-refractivity contribution is 0.796. The maximum absolute atomic E-state index is 11.5. The Bertz CT molecular complexity index is 549. The van der Waals surface area contributed by atoms with Crippen LogP contribution in [-0.4, -0.2) is 15.3 Å². The molecule has 2 heterocycles. The van der Waals surface area contributed by atoms with Crippen LogP contribution in [0.4, 0.5) is 5.82 Å². The molecule has 1 aliphatic rings. The van der Waals surface area contributed by atoms with Crippen LogP contribution in [-0.2, 0) is 13.5 Å². The second kappa shape index (κ2) is 3.18. The van der Waals surface area contributed by atoms with Gasteiger partial charge in [0.1, 0.15) is 5.82 Å². The minimum absolute atomic E-state index is 0.298. The second-order valence-electron chi connectivity index (χ2n) is 4.06. The number of nitrogens with one attached hydrogen (secondary N) is 1.